The zero-order valence-corrected chi connectivity index (χ0v) is 13.3. The Kier molecular flexibility index (Phi) is 6.58. The van der Waals surface area contributed by atoms with E-state index in [2.05, 4.69) is 15.6 Å². The Hall–Kier alpha value is -3.09. The third-order valence-electron chi connectivity index (χ3n) is 3.12. The number of rotatable bonds is 7. The summed E-state index contributed by atoms with van der Waals surface area (Å²) >= 11 is 0. The van der Waals surface area contributed by atoms with Crippen molar-refractivity contribution in [2.45, 2.75) is 6.54 Å². The molecule has 0 radical (unpaired) electrons. The molecule has 2 N–H and O–H groups in total. The number of nitrogens with zero attached hydrogens (tertiary/aromatic N) is 1. The Morgan fingerprint density at radius 3 is 2.25 bits per heavy atom. The molecule has 1 aromatic heterocycles. The van der Waals surface area contributed by atoms with Crippen molar-refractivity contribution in [3.05, 3.63) is 54.4 Å². The van der Waals surface area contributed by atoms with Gasteiger partial charge in [0, 0.05) is 18.9 Å². The van der Waals surface area contributed by atoms with Gasteiger partial charge in [-0.15, -0.1) is 0 Å². The van der Waals surface area contributed by atoms with E-state index in [0.717, 1.165) is 11.3 Å². The fourth-order valence-electron chi connectivity index (χ4n) is 1.85. The third kappa shape index (κ3) is 5.60. The van der Waals surface area contributed by atoms with Crippen LogP contribution in [0.3, 0.4) is 0 Å². The monoisotopic (exact) mass is 329 g/mol. The molecule has 0 aliphatic heterocycles. The number of ether oxygens (including phenoxy) is 2. The molecule has 2 aromatic rings. The lowest BCUT2D eigenvalue weighted by Crippen LogP contribution is -2.41. The molecule has 0 bridgehead atoms. The maximum absolute atomic E-state index is 11.7. The summed E-state index contributed by atoms with van der Waals surface area (Å²) in [6.07, 6.45) is 3.25. The Bertz CT molecular complexity index is 659. The van der Waals surface area contributed by atoms with Gasteiger partial charge in [0.25, 0.3) is 0 Å². The third-order valence-corrected chi connectivity index (χ3v) is 3.12. The van der Waals surface area contributed by atoms with Crippen LogP contribution in [0.25, 0.3) is 0 Å². The SMILES string of the molecule is COc1ccc(OCCNC(=O)C(=O)NCc2ccncc2)cc1. The number of hydrogen-bond donors (Lipinski definition) is 2. The Morgan fingerprint density at radius 1 is 0.958 bits per heavy atom. The van der Waals surface area contributed by atoms with Crippen LogP contribution in [-0.2, 0) is 16.1 Å². The summed E-state index contributed by atoms with van der Waals surface area (Å²) in [6.45, 7) is 0.764. The molecule has 1 heterocycles. The molecule has 0 saturated heterocycles. The molecule has 2 rings (SSSR count). The fourth-order valence-corrected chi connectivity index (χ4v) is 1.85. The Morgan fingerprint density at radius 2 is 1.58 bits per heavy atom. The van der Waals surface area contributed by atoms with Gasteiger partial charge in [-0.1, -0.05) is 0 Å². The largest absolute Gasteiger partial charge is 0.497 e. The minimum Gasteiger partial charge on any atom is -0.497 e. The summed E-state index contributed by atoms with van der Waals surface area (Å²) in [7, 11) is 1.59. The van der Waals surface area contributed by atoms with Crippen LogP contribution in [0.4, 0.5) is 0 Å². The molecule has 1 aromatic carbocycles. The highest BCUT2D eigenvalue weighted by Gasteiger charge is 2.12. The summed E-state index contributed by atoms with van der Waals surface area (Å²) in [5.41, 5.74) is 0.869. The van der Waals surface area contributed by atoms with Crippen molar-refractivity contribution in [3.63, 3.8) is 0 Å². The lowest BCUT2D eigenvalue weighted by atomic mass is 10.3. The first kappa shape index (κ1) is 17.3. The van der Waals surface area contributed by atoms with E-state index in [9.17, 15) is 9.59 Å². The van der Waals surface area contributed by atoms with Gasteiger partial charge in [-0.25, -0.2) is 0 Å². The van der Waals surface area contributed by atoms with Gasteiger partial charge in [0.15, 0.2) is 0 Å². The van der Waals surface area contributed by atoms with Gasteiger partial charge in [0.2, 0.25) is 0 Å². The van der Waals surface area contributed by atoms with Crippen molar-refractivity contribution in [3.8, 4) is 11.5 Å². The molecule has 7 heteroatoms. The first-order chi connectivity index (χ1) is 11.7. The molecule has 0 fully saturated rings. The molecule has 2 amide bonds. The summed E-state index contributed by atoms with van der Waals surface area (Å²) in [6, 6.07) is 10.6. The predicted octanol–water partition coefficient (Wildman–Crippen LogP) is 0.902. The van der Waals surface area contributed by atoms with Crippen LogP contribution < -0.4 is 20.1 Å². The second kappa shape index (κ2) is 9.14. The minimum atomic E-state index is -0.692. The summed E-state index contributed by atoms with van der Waals surface area (Å²) in [5.74, 6) is 0.0207. The first-order valence-electron chi connectivity index (χ1n) is 7.41. The van der Waals surface area contributed by atoms with E-state index in [1.165, 1.54) is 0 Å². The van der Waals surface area contributed by atoms with Crippen LogP contribution in [0.15, 0.2) is 48.8 Å². The van der Waals surface area contributed by atoms with E-state index in [-0.39, 0.29) is 19.7 Å². The quantitative estimate of drug-likeness (QED) is 0.582. The lowest BCUT2D eigenvalue weighted by molar-refractivity contribution is -0.139. The fraction of sp³-hybridized carbons (Fsp3) is 0.235. The summed E-state index contributed by atoms with van der Waals surface area (Å²) in [4.78, 5) is 27.2. The van der Waals surface area contributed by atoms with Gasteiger partial charge in [0.05, 0.1) is 13.7 Å². The summed E-state index contributed by atoms with van der Waals surface area (Å²) in [5, 5.41) is 5.04. The van der Waals surface area contributed by atoms with Crippen molar-refractivity contribution in [2.24, 2.45) is 0 Å². The number of benzene rings is 1. The van der Waals surface area contributed by atoms with Gasteiger partial charge in [0.1, 0.15) is 18.1 Å². The zero-order valence-electron chi connectivity index (χ0n) is 13.3. The van der Waals surface area contributed by atoms with E-state index in [0.29, 0.717) is 5.75 Å². The molecule has 0 aliphatic carbocycles. The number of amides is 2. The Labute approximate surface area is 140 Å². The number of methoxy groups -OCH3 is 1. The molecular formula is C17H19N3O4. The number of carbonyl (C=O) groups is 2. The maximum Gasteiger partial charge on any atom is 0.309 e. The van der Waals surface area contributed by atoms with Crippen molar-refractivity contribution in [1.82, 2.24) is 15.6 Å². The average Bonchev–Trinajstić information content (AvgIpc) is 2.64. The summed E-state index contributed by atoms with van der Waals surface area (Å²) < 4.78 is 10.5. The number of carbonyl (C=O) groups excluding carboxylic acids is 2. The van der Waals surface area contributed by atoms with E-state index in [1.54, 1.807) is 55.9 Å². The van der Waals surface area contributed by atoms with Crippen molar-refractivity contribution in [1.29, 1.82) is 0 Å². The lowest BCUT2D eigenvalue weighted by Gasteiger charge is -2.08. The normalized spacial score (nSPS) is 9.88. The molecule has 0 atom stereocenters. The average molecular weight is 329 g/mol. The van der Waals surface area contributed by atoms with Crippen molar-refractivity contribution >= 4 is 11.8 Å². The van der Waals surface area contributed by atoms with Crippen LogP contribution in [0.1, 0.15) is 5.56 Å². The topological polar surface area (TPSA) is 89.5 Å². The van der Waals surface area contributed by atoms with Gasteiger partial charge >= 0.3 is 11.8 Å². The van der Waals surface area contributed by atoms with Crippen LogP contribution in [0.2, 0.25) is 0 Å². The van der Waals surface area contributed by atoms with Crippen LogP contribution in [-0.4, -0.2) is 37.1 Å². The Balaban J connectivity index is 1.64. The predicted molar refractivity (Wildman–Crippen MR) is 87.6 cm³/mol. The van der Waals surface area contributed by atoms with Crippen LogP contribution in [0, 0.1) is 0 Å². The molecule has 0 saturated carbocycles. The molecule has 7 nitrogen and oxygen atoms in total. The van der Waals surface area contributed by atoms with Gasteiger partial charge in [-0.3, -0.25) is 14.6 Å². The van der Waals surface area contributed by atoms with Gasteiger partial charge in [-0.05, 0) is 42.0 Å². The highest BCUT2D eigenvalue weighted by atomic mass is 16.5. The minimum absolute atomic E-state index is 0.230. The molecule has 0 unspecified atom stereocenters. The van der Waals surface area contributed by atoms with Crippen molar-refractivity contribution < 1.29 is 19.1 Å². The highest BCUT2D eigenvalue weighted by Crippen LogP contribution is 2.16. The second-order valence-corrected chi connectivity index (χ2v) is 4.82. The van der Waals surface area contributed by atoms with E-state index in [4.69, 9.17) is 9.47 Å². The zero-order chi connectivity index (χ0) is 17.2. The maximum atomic E-state index is 11.7. The van der Waals surface area contributed by atoms with Gasteiger partial charge in [-0.2, -0.15) is 0 Å². The van der Waals surface area contributed by atoms with Crippen molar-refractivity contribution in [2.75, 3.05) is 20.3 Å². The smallest absolute Gasteiger partial charge is 0.309 e. The standard InChI is InChI=1S/C17H19N3O4/c1-23-14-2-4-15(5-3-14)24-11-10-19-16(21)17(22)20-12-13-6-8-18-9-7-13/h2-9H,10-12H2,1H3,(H,19,21)(H,20,22). The molecule has 24 heavy (non-hydrogen) atoms. The van der Waals surface area contributed by atoms with E-state index in [1.807, 2.05) is 0 Å². The van der Waals surface area contributed by atoms with Crippen LogP contribution >= 0.6 is 0 Å². The molecular weight excluding hydrogens is 310 g/mol. The van der Waals surface area contributed by atoms with Gasteiger partial charge < -0.3 is 20.1 Å². The second-order valence-electron chi connectivity index (χ2n) is 4.82. The number of hydrogen-bond acceptors (Lipinski definition) is 5. The first-order valence-corrected chi connectivity index (χ1v) is 7.41. The number of aromatic nitrogens is 1. The number of nitrogens with one attached hydrogen (secondary N) is 2. The molecule has 0 spiro atoms. The number of pyridine rings is 1. The highest BCUT2D eigenvalue weighted by molar-refractivity contribution is 6.35. The molecule has 0 aliphatic rings. The van der Waals surface area contributed by atoms with E-state index >= 15 is 0 Å². The van der Waals surface area contributed by atoms with Crippen LogP contribution in [0.5, 0.6) is 11.5 Å². The molecule has 126 valence electrons. The van der Waals surface area contributed by atoms with E-state index < -0.39 is 11.8 Å².